The second-order valence-electron chi connectivity index (χ2n) is 5.94. The van der Waals surface area contributed by atoms with Crippen LogP contribution >= 0.6 is 0 Å². The van der Waals surface area contributed by atoms with Crippen LogP contribution in [-0.2, 0) is 19.1 Å². The van der Waals surface area contributed by atoms with Crippen molar-refractivity contribution in [3.05, 3.63) is 30.6 Å². The van der Waals surface area contributed by atoms with Crippen LogP contribution in [0.3, 0.4) is 0 Å². The van der Waals surface area contributed by atoms with Gasteiger partial charge in [0.25, 0.3) is 0 Å². The molecule has 25 heavy (non-hydrogen) atoms. The molecule has 2 aliphatic heterocycles. The number of esters is 2. The normalized spacial score (nSPS) is 20.6. The molecule has 0 aromatic carbocycles. The molecule has 0 N–H and O–H groups in total. The number of carbonyl (C=O) groups excluding carboxylic acids is 2. The maximum absolute atomic E-state index is 12.0. The van der Waals surface area contributed by atoms with Crippen LogP contribution < -0.4 is 9.64 Å². The van der Waals surface area contributed by atoms with E-state index in [1.54, 1.807) is 23.4 Å². The molecule has 1 aromatic heterocycles. The largest absolute Gasteiger partial charge is 0.492 e. The molecule has 0 bridgehead atoms. The number of hydrogen-bond acceptors (Lipinski definition) is 8. The molecule has 2 aliphatic rings. The summed E-state index contributed by atoms with van der Waals surface area (Å²) in [5, 5.41) is 0. The third kappa shape index (κ3) is 3.74. The Labute approximate surface area is 146 Å². The average Bonchev–Trinajstić information content (AvgIpc) is 2.80. The lowest BCUT2D eigenvalue weighted by Gasteiger charge is -2.41. The minimum atomic E-state index is -1.55. The molecule has 0 atom stereocenters. The van der Waals surface area contributed by atoms with Gasteiger partial charge in [0.2, 0.25) is 0 Å². The summed E-state index contributed by atoms with van der Waals surface area (Å²) in [6.45, 7) is 3.93. The topological polar surface area (TPSA) is 81.2 Å². The number of rotatable bonds is 3. The van der Waals surface area contributed by atoms with Gasteiger partial charge in [-0.3, -0.25) is 14.8 Å². The number of aromatic nitrogens is 1. The van der Waals surface area contributed by atoms with Crippen LogP contribution in [0.15, 0.2) is 30.6 Å². The Bertz CT molecular complexity index is 671. The van der Waals surface area contributed by atoms with E-state index >= 15 is 0 Å². The van der Waals surface area contributed by atoms with Gasteiger partial charge >= 0.3 is 17.8 Å². The van der Waals surface area contributed by atoms with Crippen LogP contribution in [0.4, 0.5) is 5.69 Å². The fraction of sp³-hybridized carbons (Fsp3) is 0.471. The van der Waals surface area contributed by atoms with Crippen LogP contribution in [0, 0.1) is 0 Å². The van der Waals surface area contributed by atoms with Gasteiger partial charge in [0.15, 0.2) is 0 Å². The van der Waals surface area contributed by atoms with Gasteiger partial charge in [0, 0.05) is 24.8 Å². The molecule has 1 fully saturated rings. The average molecular weight is 347 g/mol. The first-order chi connectivity index (χ1) is 12.0. The first kappa shape index (κ1) is 17.2. The molecule has 8 nitrogen and oxygen atoms in total. The molecule has 0 saturated carbocycles. The molecule has 8 heteroatoms. The number of carbonyl (C=O) groups is 2. The smallest absolute Gasteiger partial charge is 0.356 e. The lowest BCUT2D eigenvalue weighted by molar-refractivity contribution is -0.223. The predicted octanol–water partition coefficient (Wildman–Crippen LogP) is 0.932. The fourth-order valence-corrected chi connectivity index (χ4v) is 3.02. The first-order valence-electron chi connectivity index (χ1n) is 8.20. The van der Waals surface area contributed by atoms with Crippen molar-refractivity contribution in [3.63, 3.8) is 0 Å². The molecule has 1 saturated heterocycles. The van der Waals surface area contributed by atoms with Crippen LogP contribution in [0.25, 0.3) is 0 Å². The third-order valence-electron chi connectivity index (χ3n) is 4.00. The van der Waals surface area contributed by atoms with E-state index in [-0.39, 0.29) is 6.54 Å². The van der Waals surface area contributed by atoms with Crippen molar-refractivity contribution >= 4 is 17.6 Å². The highest BCUT2D eigenvalue weighted by molar-refractivity contribution is 5.93. The summed E-state index contributed by atoms with van der Waals surface area (Å²) in [7, 11) is 1.89. The highest BCUT2D eigenvalue weighted by Crippen LogP contribution is 2.32. The van der Waals surface area contributed by atoms with Crippen molar-refractivity contribution in [2.45, 2.75) is 19.3 Å². The second-order valence-corrected chi connectivity index (χ2v) is 5.94. The molecule has 3 rings (SSSR count). The van der Waals surface area contributed by atoms with Crippen LogP contribution in [-0.4, -0.2) is 61.0 Å². The van der Waals surface area contributed by atoms with Gasteiger partial charge in [-0.1, -0.05) is 0 Å². The predicted molar refractivity (Wildman–Crippen MR) is 88.9 cm³/mol. The molecule has 134 valence electrons. The fourth-order valence-electron chi connectivity index (χ4n) is 3.02. The van der Waals surface area contributed by atoms with E-state index in [2.05, 4.69) is 4.98 Å². The van der Waals surface area contributed by atoms with E-state index in [0.29, 0.717) is 24.6 Å². The number of nitrogens with zero attached hydrogens (tertiary/aromatic N) is 3. The number of pyridine rings is 1. The van der Waals surface area contributed by atoms with Crippen molar-refractivity contribution < 1.29 is 23.8 Å². The van der Waals surface area contributed by atoms with Gasteiger partial charge in [-0.25, -0.2) is 9.59 Å². The lowest BCUT2D eigenvalue weighted by atomic mass is 10.2. The van der Waals surface area contributed by atoms with E-state index in [0.717, 1.165) is 25.1 Å². The summed E-state index contributed by atoms with van der Waals surface area (Å²) >= 11 is 0. The van der Waals surface area contributed by atoms with Crippen molar-refractivity contribution in [1.82, 2.24) is 9.88 Å². The van der Waals surface area contributed by atoms with Crippen LogP contribution in [0.2, 0.25) is 0 Å². The summed E-state index contributed by atoms with van der Waals surface area (Å²) in [5.41, 5.74) is 0.656. The Morgan fingerprint density at radius 2 is 1.92 bits per heavy atom. The zero-order chi connectivity index (χ0) is 17.9. The molecular formula is C17H21N3O5. The Hall–Kier alpha value is -2.61. The summed E-state index contributed by atoms with van der Waals surface area (Å²) in [4.78, 5) is 32.0. The van der Waals surface area contributed by atoms with Gasteiger partial charge in [-0.15, -0.1) is 0 Å². The first-order valence-corrected chi connectivity index (χ1v) is 8.20. The quantitative estimate of drug-likeness (QED) is 0.747. The zero-order valence-electron chi connectivity index (χ0n) is 14.3. The van der Waals surface area contributed by atoms with E-state index in [9.17, 15) is 9.59 Å². The Kier molecular flexibility index (Phi) is 4.89. The number of anilines is 1. The second kappa shape index (κ2) is 7.10. The van der Waals surface area contributed by atoms with Crippen molar-refractivity contribution in [1.29, 1.82) is 0 Å². The molecule has 0 unspecified atom stereocenters. The highest BCUT2D eigenvalue weighted by atomic mass is 16.8. The summed E-state index contributed by atoms with van der Waals surface area (Å²) in [6, 6.07) is 1.80. The maximum Gasteiger partial charge on any atom is 0.356 e. The standard InChI is InChI=1S/C17H21N3O5/c1-3-23-14-9-13(10-18-11-14)20-8-4-7-19(2)12-17(20)24-15(21)5-6-16(22)25-17/h5-6,9-11H,3-4,7-8,12H2,1-2H3. The van der Waals surface area contributed by atoms with Crippen LogP contribution in [0.5, 0.6) is 5.75 Å². The monoisotopic (exact) mass is 347 g/mol. The number of likely N-dealkylation sites (N-methyl/N-ethyl adjacent to an activating group) is 1. The Balaban J connectivity index is 2.03. The lowest BCUT2D eigenvalue weighted by Crippen LogP contribution is -2.59. The minimum Gasteiger partial charge on any atom is -0.492 e. The summed E-state index contributed by atoms with van der Waals surface area (Å²) in [5.74, 6) is -2.20. The van der Waals surface area contributed by atoms with E-state index in [1.165, 1.54) is 0 Å². The van der Waals surface area contributed by atoms with Gasteiger partial charge < -0.3 is 14.2 Å². The Morgan fingerprint density at radius 3 is 2.60 bits per heavy atom. The molecular weight excluding hydrogens is 326 g/mol. The maximum atomic E-state index is 12.0. The SMILES string of the molecule is CCOc1cncc(N2CCCN(C)CC23OC(=O)C=CC(=O)O3)c1. The number of hydrogen-bond donors (Lipinski definition) is 0. The van der Waals surface area contributed by atoms with E-state index < -0.39 is 17.8 Å². The van der Waals surface area contributed by atoms with E-state index in [4.69, 9.17) is 14.2 Å². The molecule has 0 amide bonds. The van der Waals surface area contributed by atoms with Crippen molar-refractivity contribution in [3.8, 4) is 5.75 Å². The zero-order valence-corrected chi connectivity index (χ0v) is 14.3. The van der Waals surface area contributed by atoms with Gasteiger partial charge in [0.1, 0.15) is 5.75 Å². The Morgan fingerprint density at radius 1 is 1.20 bits per heavy atom. The van der Waals surface area contributed by atoms with Crippen molar-refractivity contribution in [2.75, 3.05) is 38.2 Å². The molecule has 0 radical (unpaired) electrons. The molecule has 1 aromatic rings. The third-order valence-corrected chi connectivity index (χ3v) is 4.00. The summed E-state index contributed by atoms with van der Waals surface area (Å²) in [6.07, 6.45) is 6.20. The minimum absolute atomic E-state index is 0.227. The highest BCUT2D eigenvalue weighted by Gasteiger charge is 2.48. The molecule has 3 heterocycles. The van der Waals surface area contributed by atoms with E-state index in [1.807, 2.05) is 18.9 Å². The number of ether oxygens (including phenoxy) is 3. The van der Waals surface area contributed by atoms with Crippen LogP contribution in [0.1, 0.15) is 13.3 Å². The van der Waals surface area contributed by atoms with Gasteiger partial charge in [-0.2, -0.15) is 0 Å². The molecule has 0 aliphatic carbocycles. The van der Waals surface area contributed by atoms with Crippen molar-refractivity contribution in [2.24, 2.45) is 0 Å². The van der Waals surface area contributed by atoms with Gasteiger partial charge in [-0.05, 0) is 26.9 Å². The molecule has 1 spiro atoms. The summed E-state index contributed by atoms with van der Waals surface area (Å²) < 4.78 is 16.7. The van der Waals surface area contributed by atoms with Gasteiger partial charge in [0.05, 0.1) is 31.2 Å².